The predicted octanol–water partition coefficient (Wildman–Crippen LogP) is 2.03. The molecule has 0 atom stereocenters. The maximum atomic E-state index is 12.1. The molecule has 0 aromatic rings. The van der Waals surface area contributed by atoms with Crippen molar-refractivity contribution >= 4 is 7.40 Å². The van der Waals surface area contributed by atoms with Crippen LogP contribution in [-0.4, -0.2) is 24.3 Å². The lowest BCUT2D eigenvalue weighted by molar-refractivity contribution is 0.259. The van der Waals surface area contributed by atoms with Crippen LogP contribution in [0.1, 0.15) is 27.7 Å². The van der Waals surface area contributed by atoms with E-state index in [-0.39, 0.29) is 12.1 Å². The van der Waals surface area contributed by atoms with Gasteiger partial charge in [-0.3, -0.25) is 13.4 Å². The van der Waals surface area contributed by atoms with E-state index < -0.39 is 7.40 Å². The third-order valence-electron chi connectivity index (χ3n) is 1.42. The second-order valence-electron chi connectivity index (χ2n) is 2.91. The van der Waals surface area contributed by atoms with E-state index in [1.807, 2.05) is 0 Å². The molecule has 0 spiro atoms. The maximum Gasteiger partial charge on any atom is 0.637 e. The summed E-state index contributed by atoms with van der Waals surface area (Å²) < 4.78 is 24.3. The van der Waals surface area contributed by atoms with Gasteiger partial charge in [-0.15, -0.1) is 0 Å². The molecule has 0 aliphatic heterocycles. The molecule has 0 amide bonds. The Morgan fingerprint density at radius 1 is 1.00 bits per heavy atom. The Labute approximate surface area is 61.6 Å². The molecular weight excluding hydrogens is 135 g/mol. The van der Waals surface area contributed by atoms with Gasteiger partial charge in [0.2, 0.25) is 0 Å². The van der Waals surface area contributed by atoms with Crippen LogP contribution in [0.4, 0.5) is 8.63 Å². The van der Waals surface area contributed by atoms with Crippen molar-refractivity contribution in [2.45, 2.75) is 39.8 Å². The average molecular weight is 149 g/mol. The molecule has 0 heterocycles. The first-order valence-electron chi connectivity index (χ1n) is 3.52. The molecule has 0 unspecified atom stereocenters. The predicted molar refractivity (Wildman–Crippen MR) is 40.1 cm³/mol. The summed E-state index contributed by atoms with van der Waals surface area (Å²) in [5.41, 5.74) is 0. The molecule has 0 N–H and O–H groups in total. The van der Waals surface area contributed by atoms with Gasteiger partial charge in [0, 0.05) is 0 Å². The van der Waals surface area contributed by atoms with Crippen LogP contribution >= 0.6 is 0 Å². The highest BCUT2D eigenvalue weighted by Crippen LogP contribution is 2.08. The lowest BCUT2D eigenvalue weighted by atomic mass is 10.0. The van der Waals surface area contributed by atoms with Crippen molar-refractivity contribution in [3.05, 3.63) is 0 Å². The topological polar surface area (TPSA) is 3.24 Å². The Hall–Kier alpha value is -0.115. The molecule has 0 saturated carbocycles. The van der Waals surface area contributed by atoms with Crippen molar-refractivity contribution in [1.82, 2.24) is 4.81 Å². The summed E-state index contributed by atoms with van der Waals surface area (Å²) in [5, 5.41) is 0. The van der Waals surface area contributed by atoms with Gasteiger partial charge in [-0.25, -0.2) is 0 Å². The molecule has 10 heavy (non-hydrogen) atoms. The first-order valence-corrected chi connectivity index (χ1v) is 3.52. The summed E-state index contributed by atoms with van der Waals surface area (Å²) >= 11 is 0. The minimum Gasteiger partial charge on any atom is -0.278 e. The van der Waals surface area contributed by atoms with Gasteiger partial charge in [0.25, 0.3) is 0 Å². The van der Waals surface area contributed by atoms with Crippen LogP contribution in [0.5, 0.6) is 0 Å². The Morgan fingerprint density at radius 3 is 1.30 bits per heavy atom. The van der Waals surface area contributed by atoms with Crippen molar-refractivity contribution in [2.75, 3.05) is 0 Å². The fraction of sp³-hybridized carbons (Fsp3) is 1.00. The molecular formula is C6H14BF2N. The minimum absolute atomic E-state index is 0.0833. The van der Waals surface area contributed by atoms with E-state index in [0.29, 0.717) is 0 Å². The number of nitrogens with zero attached hydrogens (tertiary/aromatic N) is 1. The van der Waals surface area contributed by atoms with Crippen LogP contribution < -0.4 is 0 Å². The highest BCUT2D eigenvalue weighted by Gasteiger charge is 2.29. The van der Waals surface area contributed by atoms with Crippen molar-refractivity contribution in [2.24, 2.45) is 0 Å². The largest absolute Gasteiger partial charge is 0.637 e. The first kappa shape index (κ1) is 9.88. The summed E-state index contributed by atoms with van der Waals surface area (Å²) in [6.45, 7) is 7.08. The molecule has 0 aliphatic carbocycles. The van der Waals surface area contributed by atoms with Crippen LogP contribution in [0.3, 0.4) is 0 Å². The fourth-order valence-electron chi connectivity index (χ4n) is 1.05. The van der Waals surface area contributed by atoms with E-state index in [1.54, 1.807) is 27.7 Å². The van der Waals surface area contributed by atoms with Gasteiger partial charge >= 0.3 is 7.40 Å². The number of hydrogen-bond donors (Lipinski definition) is 0. The Bertz CT molecular complexity index is 76.7. The molecule has 0 aliphatic rings. The van der Waals surface area contributed by atoms with Gasteiger partial charge < -0.3 is 0 Å². The average Bonchev–Trinajstić information content (AvgIpc) is 1.59. The quantitative estimate of drug-likeness (QED) is 0.555. The monoisotopic (exact) mass is 149 g/mol. The van der Waals surface area contributed by atoms with Gasteiger partial charge in [0.05, 0.1) is 0 Å². The van der Waals surface area contributed by atoms with Crippen molar-refractivity contribution < 1.29 is 8.63 Å². The maximum absolute atomic E-state index is 12.1. The molecule has 0 radical (unpaired) electrons. The van der Waals surface area contributed by atoms with E-state index in [9.17, 15) is 8.63 Å². The second-order valence-corrected chi connectivity index (χ2v) is 2.91. The summed E-state index contributed by atoms with van der Waals surface area (Å²) in [6, 6.07) is -0.167. The highest BCUT2D eigenvalue weighted by atomic mass is 19.2. The van der Waals surface area contributed by atoms with E-state index in [2.05, 4.69) is 0 Å². The van der Waals surface area contributed by atoms with Crippen LogP contribution in [0.15, 0.2) is 0 Å². The van der Waals surface area contributed by atoms with Gasteiger partial charge in [0.1, 0.15) is 0 Å². The number of halogens is 2. The minimum atomic E-state index is -2.33. The first-order chi connectivity index (χ1) is 4.46. The SMILES string of the molecule is CC(C)N(B(F)F)C(C)C. The second kappa shape index (κ2) is 3.91. The summed E-state index contributed by atoms with van der Waals surface area (Å²) in [6.07, 6.45) is 0. The summed E-state index contributed by atoms with van der Waals surface area (Å²) in [7, 11) is -2.33. The zero-order valence-electron chi connectivity index (χ0n) is 6.94. The zero-order chi connectivity index (χ0) is 8.31. The van der Waals surface area contributed by atoms with Gasteiger partial charge in [0.15, 0.2) is 0 Å². The van der Waals surface area contributed by atoms with Crippen LogP contribution in [-0.2, 0) is 0 Å². The molecule has 0 aromatic heterocycles. The summed E-state index contributed by atoms with van der Waals surface area (Å²) in [5.74, 6) is 0. The lowest BCUT2D eigenvalue weighted by Crippen LogP contribution is -2.43. The molecule has 60 valence electrons. The highest BCUT2D eigenvalue weighted by molar-refractivity contribution is 6.39. The summed E-state index contributed by atoms with van der Waals surface area (Å²) in [4.78, 5) is 1.17. The molecule has 0 rings (SSSR count). The molecule has 0 bridgehead atoms. The molecule has 0 fully saturated rings. The van der Waals surface area contributed by atoms with E-state index in [4.69, 9.17) is 0 Å². The van der Waals surface area contributed by atoms with E-state index >= 15 is 0 Å². The van der Waals surface area contributed by atoms with Gasteiger partial charge in [-0.2, -0.15) is 0 Å². The third kappa shape index (κ3) is 2.65. The van der Waals surface area contributed by atoms with Crippen molar-refractivity contribution in [3.8, 4) is 0 Å². The molecule has 0 aromatic carbocycles. The van der Waals surface area contributed by atoms with Crippen molar-refractivity contribution in [3.63, 3.8) is 0 Å². The molecule has 0 saturated heterocycles. The number of rotatable bonds is 3. The van der Waals surface area contributed by atoms with E-state index in [1.165, 1.54) is 4.81 Å². The Balaban J connectivity index is 3.98. The van der Waals surface area contributed by atoms with Crippen molar-refractivity contribution in [1.29, 1.82) is 0 Å². The van der Waals surface area contributed by atoms with Gasteiger partial charge in [-0.05, 0) is 12.1 Å². The fourth-order valence-corrected chi connectivity index (χ4v) is 1.05. The number of hydrogen-bond acceptors (Lipinski definition) is 1. The van der Waals surface area contributed by atoms with E-state index in [0.717, 1.165) is 0 Å². The van der Waals surface area contributed by atoms with Crippen LogP contribution in [0, 0.1) is 0 Å². The zero-order valence-corrected chi connectivity index (χ0v) is 6.94. The standard InChI is InChI=1S/C6H14BF2N/c1-5(2)10(6(3)4)7(8)9/h5-6H,1-4H3. The molecule has 1 nitrogen and oxygen atoms in total. The lowest BCUT2D eigenvalue weighted by Gasteiger charge is -2.27. The molecule has 4 heteroatoms. The normalized spacial score (nSPS) is 11.7. The van der Waals surface area contributed by atoms with Crippen LogP contribution in [0.2, 0.25) is 0 Å². The van der Waals surface area contributed by atoms with Gasteiger partial charge in [-0.1, -0.05) is 27.7 Å². The Morgan fingerprint density at radius 2 is 1.30 bits per heavy atom. The smallest absolute Gasteiger partial charge is 0.278 e. The van der Waals surface area contributed by atoms with Crippen LogP contribution in [0.25, 0.3) is 0 Å². The Kier molecular flexibility index (Phi) is 3.87. The third-order valence-corrected chi connectivity index (χ3v) is 1.42.